The molecular formula is C23H21O2P. The van der Waals surface area contributed by atoms with Crippen LogP contribution in [0.1, 0.15) is 0 Å². The Morgan fingerprint density at radius 2 is 1.23 bits per heavy atom. The molecule has 0 radical (unpaired) electrons. The van der Waals surface area contributed by atoms with Gasteiger partial charge in [0.05, 0.1) is 7.11 Å². The molecule has 0 aromatic heterocycles. The van der Waals surface area contributed by atoms with Crippen molar-refractivity contribution < 1.29 is 9.30 Å². The summed E-state index contributed by atoms with van der Waals surface area (Å²) in [6.45, 7) is 3.66. The van der Waals surface area contributed by atoms with Crippen molar-refractivity contribution in [2.75, 3.05) is 20.4 Å². The van der Waals surface area contributed by atoms with Crippen LogP contribution in [-0.4, -0.2) is 20.4 Å². The highest BCUT2D eigenvalue weighted by atomic mass is 31.2. The van der Waals surface area contributed by atoms with Crippen LogP contribution in [0.15, 0.2) is 72.8 Å². The lowest BCUT2D eigenvalue weighted by atomic mass is 9.93. The van der Waals surface area contributed by atoms with E-state index in [1.165, 1.54) is 0 Å². The molecule has 0 aliphatic rings. The second-order valence-corrected chi connectivity index (χ2v) is 10.1. The zero-order valence-corrected chi connectivity index (χ0v) is 16.1. The standard InChI is InChI=1S/C23H21O2P/c1-25-20-14-12-16-8-4-6-10-18(16)22(20)23-19-11-7-5-9-17(19)13-15-21(23)26(2,3)24/h4-15H,1-3H3. The molecule has 0 spiro atoms. The Morgan fingerprint density at radius 1 is 0.692 bits per heavy atom. The van der Waals surface area contributed by atoms with Gasteiger partial charge in [-0.2, -0.15) is 0 Å². The molecule has 3 heteroatoms. The third-order valence-electron chi connectivity index (χ3n) is 4.85. The van der Waals surface area contributed by atoms with Gasteiger partial charge in [0, 0.05) is 16.4 Å². The largest absolute Gasteiger partial charge is 0.496 e. The van der Waals surface area contributed by atoms with Gasteiger partial charge in [-0.3, -0.25) is 0 Å². The quantitative estimate of drug-likeness (QED) is 0.424. The fourth-order valence-corrected chi connectivity index (χ4v) is 4.86. The first-order valence-electron chi connectivity index (χ1n) is 8.64. The van der Waals surface area contributed by atoms with E-state index in [1.807, 2.05) is 49.7 Å². The maximum Gasteiger partial charge on any atom is 0.127 e. The van der Waals surface area contributed by atoms with E-state index in [1.54, 1.807) is 7.11 Å². The second-order valence-electron chi connectivity index (χ2n) is 6.90. The van der Waals surface area contributed by atoms with E-state index in [0.717, 1.165) is 43.7 Å². The first kappa shape index (κ1) is 16.9. The van der Waals surface area contributed by atoms with E-state index in [9.17, 15) is 4.57 Å². The van der Waals surface area contributed by atoms with Crippen molar-refractivity contribution in [2.45, 2.75) is 0 Å². The van der Waals surface area contributed by atoms with Crippen LogP contribution in [-0.2, 0) is 4.57 Å². The molecule has 0 N–H and O–H groups in total. The normalized spacial score (nSPS) is 11.8. The van der Waals surface area contributed by atoms with E-state index in [-0.39, 0.29) is 0 Å². The number of hydrogen-bond acceptors (Lipinski definition) is 2. The first-order valence-corrected chi connectivity index (χ1v) is 11.2. The molecule has 0 bridgehead atoms. The number of benzene rings is 4. The monoisotopic (exact) mass is 360 g/mol. The van der Waals surface area contributed by atoms with Crippen LogP contribution in [0, 0.1) is 0 Å². The lowest BCUT2D eigenvalue weighted by molar-refractivity contribution is 0.417. The summed E-state index contributed by atoms with van der Waals surface area (Å²) in [4.78, 5) is 0. The van der Waals surface area contributed by atoms with E-state index in [2.05, 4.69) is 36.4 Å². The molecule has 0 aliphatic heterocycles. The average molecular weight is 360 g/mol. The lowest BCUT2D eigenvalue weighted by Crippen LogP contribution is -2.09. The summed E-state index contributed by atoms with van der Waals surface area (Å²) < 4.78 is 18.9. The van der Waals surface area contributed by atoms with Crippen molar-refractivity contribution >= 4 is 34.0 Å². The fourth-order valence-electron chi connectivity index (χ4n) is 3.65. The topological polar surface area (TPSA) is 26.3 Å². The third kappa shape index (κ3) is 2.71. The SMILES string of the molecule is COc1ccc2ccccc2c1-c1c(P(C)(C)=O)ccc2ccccc12. The molecule has 4 aromatic rings. The zero-order chi connectivity index (χ0) is 18.3. The Kier molecular flexibility index (Phi) is 4.09. The minimum Gasteiger partial charge on any atom is -0.496 e. The van der Waals surface area contributed by atoms with Gasteiger partial charge in [-0.1, -0.05) is 66.7 Å². The zero-order valence-electron chi connectivity index (χ0n) is 15.2. The first-order chi connectivity index (χ1) is 12.5. The van der Waals surface area contributed by atoms with Crippen molar-refractivity contribution in [1.82, 2.24) is 0 Å². The van der Waals surface area contributed by atoms with E-state index < -0.39 is 7.14 Å². The number of methoxy groups -OCH3 is 1. The summed E-state index contributed by atoms with van der Waals surface area (Å²) in [5.41, 5.74) is 2.03. The summed E-state index contributed by atoms with van der Waals surface area (Å²) in [6.07, 6.45) is 0. The molecule has 0 atom stereocenters. The van der Waals surface area contributed by atoms with Gasteiger partial charge >= 0.3 is 0 Å². The predicted octanol–water partition coefficient (Wildman–Crippen LogP) is 5.92. The molecule has 2 nitrogen and oxygen atoms in total. The van der Waals surface area contributed by atoms with Gasteiger partial charge in [0.25, 0.3) is 0 Å². The van der Waals surface area contributed by atoms with E-state index in [0.29, 0.717) is 0 Å². The highest BCUT2D eigenvalue weighted by Gasteiger charge is 2.23. The number of fused-ring (bicyclic) bond motifs is 2. The van der Waals surface area contributed by atoms with Crippen molar-refractivity contribution in [3.8, 4) is 16.9 Å². The van der Waals surface area contributed by atoms with Gasteiger partial charge < -0.3 is 9.30 Å². The summed E-state index contributed by atoms with van der Waals surface area (Å²) in [5.74, 6) is 0.801. The van der Waals surface area contributed by atoms with E-state index in [4.69, 9.17) is 4.74 Å². The molecule has 4 aromatic carbocycles. The third-order valence-corrected chi connectivity index (χ3v) is 6.38. The van der Waals surface area contributed by atoms with Gasteiger partial charge in [0.15, 0.2) is 0 Å². The molecule has 0 unspecified atom stereocenters. The van der Waals surface area contributed by atoms with Crippen LogP contribution < -0.4 is 10.0 Å². The minimum atomic E-state index is -2.49. The van der Waals surface area contributed by atoms with Gasteiger partial charge in [0.1, 0.15) is 12.9 Å². The molecular weight excluding hydrogens is 339 g/mol. The Balaban J connectivity index is 2.26. The van der Waals surface area contributed by atoms with Crippen LogP contribution in [0.2, 0.25) is 0 Å². The molecule has 26 heavy (non-hydrogen) atoms. The van der Waals surface area contributed by atoms with Crippen molar-refractivity contribution in [1.29, 1.82) is 0 Å². The fraction of sp³-hybridized carbons (Fsp3) is 0.130. The highest BCUT2D eigenvalue weighted by molar-refractivity contribution is 7.70. The summed E-state index contributed by atoms with van der Waals surface area (Å²) in [6, 6.07) is 24.7. The predicted molar refractivity (Wildman–Crippen MR) is 113 cm³/mol. The van der Waals surface area contributed by atoms with Gasteiger partial charge in [-0.15, -0.1) is 0 Å². The Labute approximate surface area is 153 Å². The molecule has 0 aliphatic carbocycles. The van der Waals surface area contributed by atoms with Crippen molar-refractivity contribution in [3.05, 3.63) is 72.8 Å². The molecule has 130 valence electrons. The molecule has 0 saturated carbocycles. The van der Waals surface area contributed by atoms with Crippen LogP contribution in [0.4, 0.5) is 0 Å². The average Bonchev–Trinajstić information content (AvgIpc) is 2.65. The molecule has 0 heterocycles. The number of ether oxygens (including phenoxy) is 1. The minimum absolute atomic E-state index is 0.801. The van der Waals surface area contributed by atoms with Crippen molar-refractivity contribution in [2.24, 2.45) is 0 Å². The summed E-state index contributed by atoms with van der Waals surface area (Å²) in [7, 11) is -0.799. The van der Waals surface area contributed by atoms with Crippen LogP contribution in [0.25, 0.3) is 32.7 Å². The van der Waals surface area contributed by atoms with Gasteiger partial charge in [-0.05, 0) is 40.9 Å². The van der Waals surface area contributed by atoms with Crippen molar-refractivity contribution in [3.63, 3.8) is 0 Å². The van der Waals surface area contributed by atoms with Gasteiger partial charge in [0.2, 0.25) is 0 Å². The lowest BCUT2D eigenvalue weighted by Gasteiger charge is -2.20. The van der Waals surface area contributed by atoms with Gasteiger partial charge in [-0.25, -0.2) is 0 Å². The Hall–Kier alpha value is -2.57. The molecule has 0 saturated heterocycles. The Bertz CT molecular complexity index is 1170. The number of rotatable bonds is 3. The van der Waals surface area contributed by atoms with Crippen LogP contribution in [0.3, 0.4) is 0 Å². The maximum absolute atomic E-state index is 13.1. The highest BCUT2D eigenvalue weighted by Crippen LogP contribution is 2.46. The molecule has 0 amide bonds. The smallest absolute Gasteiger partial charge is 0.127 e. The van der Waals surface area contributed by atoms with Crippen LogP contribution >= 0.6 is 7.14 Å². The summed E-state index contributed by atoms with van der Waals surface area (Å²) in [5, 5.41) is 5.38. The van der Waals surface area contributed by atoms with E-state index >= 15 is 0 Å². The second kappa shape index (κ2) is 6.30. The summed E-state index contributed by atoms with van der Waals surface area (Å²) >= 11 is 0. The van der Waals surface area contributed by atoms with Crippen LogP contribution in [0.5, 0.6) is 5.75 Å². The molecule has 0 fully saturated rings. The number of hydrogen-bond donors (Lipinski definition) is 0. The maximum atomic E-state index is 13.1. The Morgan fingerprint density at radius 3 is 1.81 bits per heavy atom. The molecule has 4 rings (SSSR count).